The molecule has 1 fully saturated rings. The average molecular weight is 505 g/mol. The molecule has 7 heteroatoms. The second-order valence-electron chi connectivity index (χ2n) is 9.66. The summed E-state index contributed by atoms with van der Waals surface area (Å²) in [6.45, 7) is 3.47. The number of halogens is 2. The zero-order valence-corrected chi connectivity index (χ0v) is 20.7. The largest absolute Gasteiger partial charge is 0.325 e. The van der Waals surface area contributed by atoms with Gasteiger partial charge in [-0.05, 0) is 59.4 Å². The van der Waals surface area contributed by atoms with Crippen LogP contribution in [0.4, 0.5) is 5.69 Å². The van der Waals surface area contributed by atoms with Gasteiger partial charge in [0.25, 0.3) is 0 Å². The lowest BCUT2D eigenvalue weighted by Crippen LogP contribution is -2.57. The van der Waals surface area contributed by atoms with Crippen molar-refractivity contribution in [3.63, 3.8) is 0 Å². The summed E-state index contributed by atoms with van der Waals surface area (Å²) in [5, 5.41) is 2.81. The smallest absolute Gasteiger partial charge is 0.244 e. The molecule has 1 saturated heterocycles. The molecule has 2 atom stereocenters. The van der Waals surface area contributed by atoms with Gasteiger partial charge in [-0.25, -0.2) is 0 Å². The summed E-state index contributed by atoms with van der Waals surface area (Å²) < 4.78 is 0. The lowest BCUT2D eigenvalue weighted by molar-refractivity contribution is -0.142. The molecular weight excluding hydrogens is 483 g/mol. The molecule has 3 amide bonds. The van der Waals surface area contributed by atoms with E-state index in [4.69, 9.17) is 23.2 Å². The number of likely N-dealkylation sites (tertiary alicyclic amines) is 1. The quantitative estimate of drug-likeness (QED) is 0.410. The van der Waals surface area contributed by atoms with Crippen LogP contribution in [0.1, 0.15) is 33.4 Å². The number of anilines is 1. The van der Waals surface area contributed by atoms with E-state index in [9.17, 15) is 14.4 Å². The summed E-state index contributed by atoms with van der Waals surface area (Å²) in [6.07, 6.45) is 0. The maximum Gasteiger partial charge on any atom is 0.244 e. The van der Waals surface area contributed by atoms with Gasteiger partial charge >= 0.3 is 0 Å². The van der Waals surface area contributed by atoms with Crippen molar-refractivity contribution in [1.29, 1.82) is 0 Å². The summed E-state index contributed by atoms with van der Waals surface area (Å²) in [6, 6.07) is 20.6. The van der Waals surface area contributed by atoms with E-state index in [1.807, 2.05) is 80.6 Å². The van der Waals surface area contributed by atoms with E-state index < -0.39 is 45.9 Å². The molecule has 3 aliphatic carbocycles. The first-order chi connectivity index (χ1) is 16.7. The SMILES string of the molecule is Cc1cc(C)cc(NC(=O)CN2C(=O)[C@H]3[C@H](C2=O)C2(Cl)c4ccccc4C3(Cl)c3ccccc32)c1. The van der Waals surface area contributed by atoms with Crippen LogP contribution >= 0.6 is 23.2 Å². The number of hydrogen-bond acceptors (Lipinski definition) is 3. The Morgan fingerprint density at radius 2 is 1.20 bits per heavy atom. The molecule has 1 aliphatic heterocycles. The van der Waals surface area contributed by atoms with Crippen LogP contribution in [0.25, 0.3) is 0 Å². The molecule has 176 valence electrons. The van der Waals surface area contributed by atoms with Gasteiger partial charge < -0.3 is 5.32 Å². The number of amides is 3. The molecule has 7 rings (SSSR count). The van der Waals surface area contributed by atoms with E-state index in [0.29, 0.717) is 5.69 Å². The van der Waals surface area contributed by atoms with Gasteiger partial charge in [0.2, 0.25) is 17.7 Å². The predicted molar refractivity (Wildman–Crippen MR) is 134 cm³/mol. The fraction of sp³-hybridized carbons (Fsp3) is 0.250. The molecule has 1 heterocycles. The Bertz CT molecular complexity index is 1310. The Labute approximate surface area is 213 Å². The van der Waals surface area contributed by atoms with Gasteiger partial charge in [-0.1, -0.05) is 54.6 Å². The molecule has 5 nitrogen and oxygen atoms in total. The standard InChI is InChI=1S/C28H22Cl2N2O3/c1-15-11-16(2)13-17(12-15)31-22(33)14-32-25(34)23-24(26(32)35)28(30)19-8-4-3-7-18(19)27(23,29)20-9-5-6-10-21(20)28/h3-13,23-24H,14H2,1-2H3,(H,31,33)/t23-,24-,27?,28?/m1/s1. The van der Waals surface area contributed by atoms with Gasteiger partial charge in [0.1, 0.15) is 16.3 Å². The zero-order valence-electron chi connectivity index (χ0n) is 19.1. The first-order valence-electron chi connectivity index (χ1n) is 11.5. The number of imide groups is 1. The molecule has 3 aromatic rings. The minimum atomic E-state index is -1.25. The number of aryl methyl sites for hydroxylation is 2. The van der Waals surface area contributed by atoms with Crippen LogP contribution in [0.5, 0.6) is 0 Å². The van der Waals surface area contributed by atoms with E-state index in [2.05, 4.69) is 5.32 Å². The van der Waals surface area contributed by atoms with Crippen molar-refractivity contribution in [2.45, 2.75) is 23.6 Å². The van der Waals surface area contributed by atoms with E-state index in [1.54, 1.807) is 0 Å². The van der Waals surface area contributed by atoms with E-state index in [0.717, 1.165) is 38.3 Å². The second-order valence-corrected chi connectivity index (χ2v) is 10.8. The maximum atomic E-state index is 13.8. The number of hydrogen-bond donors (Lipinski definition) is 1. The molecule has 0 aromatic heterocycles. The molecule has 1 N–H and O–H groups in total. The minimum Gasteiger partial charge on any atom is -0.325 e. The number of benzene rings is 3. The number of nitrogens with zero attached hydrogens (tertiary/aromatic N) is 1. The molecule has 3 aromatic carbocycles. The van der Waals surface area contributed by atoms with Gasteiger partial charge in [0.15, 0.2) is 0 Å². The van der Waals surface area contributed by atoms with Crippen molar-refractivity contribution in [3.05, 3.63) is 100 Å². The molecule has 0 spiro atoms. The fourth-order valence-corrected chi connectivity index (χ4v) is 7.37. The summed E-state index contributed by atoms with van der Waals surface area (Å²) in [5.74, 6) is -3.22. The number of carbonyl (C=O) groups excluding carboxylic acids is 3. The molecule has 0 saturated carbocycles. The third kappa shape index (κ3) is 2.85. The van der Waals surface area contributed by atoms with Gasteiger partial charge in [-0.15, -0.1) is 23.2 Å². The van der Waals surface area contributed by atoms with E-state index >= 15 is 0 Å². The third-order valence-corrected chi connectivity index (χ3v) is 8.77. The van der Waals surface area contributed by atoms with Crippen molar-refractivity contribution in [2.75, 3.05) is 11.9 Å². The highest BCUT2D eigenvalue weighted by molar-refractivity contribution is 6.36. The zero-order chi connectivity index (χ0) is 24.7. The molecule has 4 aliphatic rings. The number of alkyl halides is 2. The van der Waals surface area contributed by atoms with Gasteiger partial charge in [0.05, 0.1) is 11.8 Å². The summed E-state index contributed by atoms with van der Waals surface area (Å²) >= 11 is 14.8. The fourth-order valence-electron chi connectivity index (χ4n) is 6.27. The van der Waals surface area contributed by atoms with E-state index in [1.165, 1.54) is 0 Å². The van der Waals surface area contributed by atoms with Crippen LogP contribution in [0.2, 0.25) is 0 Å². The number of carbonyl (C=O) groups is 3. The predicted octanol–water partition coefficient (Wildman–Crippen LogP) is 4.84. The van der Waals surface area contributed by atoms with Crippen molar-refractivity contribution >= 4 is 46.6 Å². The van der Waals surface area contributed by atoms with Crippen molar-refractivity contribution in [3.8, 4) is 0 Å². The van der Waals surface area contributed by atoms with Gasteiger partial charge in [-0.2, -0.15) is 0 Å². The Balaban J connectivity index is 1.41. The lowest BCUT2D eigenvalue weighted by atomic mass is 9.54. The molecule has 35 heavy (non-hydrogen) atoms. The van der Waals surface area contributed by atoms with Crippen molar-refractivity contribution < 1.29 is 14.4 Å². The van der Waals surface area contributed by atoms with Crippen LogP contribution in [0.3, 0.4) is 0 Å². The second kappa shape index (κ2) is 7.42. The highest BCUT2D eigenvalue weighted by Gasteiger charge is 2.73. The summed E-state index contributed by atoms with van der Waals surface area (Å²) in [7, 11) is 0. The van der Waals surface area contributed by atoms with Crippen LogP contribution in [0.15, 0.2) is 66.7 Å². The van der Waals surface area contributed by atoms with Crippen LogP contribution in [0, 0.1) is 25.7 Å². The Hall–Kier alpha value is -3.15. The first-order valence-corrected chi connectivity index (χ1v) is 12.2. The average Bonchev–Trinajstić information content (AvgIpc) is 3.07. The minimum absolute atomic E-state index is 0.399. The van der Waals surface area contributed by atoms with Crippen molar-refractivity contribution in [1.82, 2.24) is 4.90 Å². The Kier molecular flexibility index (Phi) is 4.73. The molecule has 2 bridgehead atoms. The van der Waals surface area contributed by atoms with Crippen LogP contribution in [-0.4, -0.2) is 29.2 Å². The Morgan fingerprint density at radius 3 is 1.60 bits per heavy atom. The monoisotopic (exact) mass is 504 g/mol. The molecular formula is C28H22Cl2N2O3. The van der Waals surface area contributed by atoms with Gasteiger partial charge in [-0.3, -0.25) is 19.3 Å². The lowest BCUT2D eigenvalue weighted by Gasteiger charge is -2.54. The van der Waals surface area contributed by atoms with Crippen LogP contribution < -0.4 is 5.32 Å². The highest BCUT2D eigenvalue weighted by Crippen LogP contribution is 2.69. The number of rotatable bonds is 3. The number of nitrogens with one attached hydrogen (secondary N) is 1. The van der Waals surface area contributed by atoms with Crippen LogP contribution in [-0.2, 0) is 24.1 Å². The Morgan fingerprint density at radius 1 is 0.800 bits per heavy atom. The van der Waals surface area contributed by atoms with E-state index in [-0.39, 0.29) is 0 Å². The highest BCUT2D eigenvalue weighted by atomic mass is 35.5. The van der Waals surface area contributed by atoms with Gasteiger partial charge in [0, 0.05) is 5.69 Å². The molecule has 0 unspecified atom stereocenters. The summed E-state index contributed by atoms with van der Waals surface area (Å²) in [4.78, 5) is 39.0. The topological polar surface area (TPSA) is 66.5 Å². The normalized spacial score (nSPS) is 27.9. The molecule has 0 radical (unpaired) electrons. The third-order valence-electron chi connectivity index (χ3n) is 7.48. The first kappa shape index (κ1) is 22.3. The summed E-state index contributed by atoms with van der Waals surface area (Å²) in [5.41, 5.74) is 5.56. The maximum absolute atomic E-state index is 13.8. The van der Waals surface area contributed by atoms with Crippen molar-refractivity contribution in [2.24, 2.45) is 11.8 Å².